The maximum atomic E-state index is 5.39. The van der Waals surface area contributed by atoms with Gasteiger partial charge >= 0.3 is 0 Å². The van der Waals surface area contributed by atoms with E-state index >= 15 is 0 Å². The number of rotatable bonds is 0. The van der Waals surface area contributed by atoms with E-state index in [-0.39, 0.29) is 0 Å². The monoisotopic (exact) mass is 157 g/mol. The second kappa shape index (κ2) is 1.97. The van der Waals surface area contributed by atoms with Crippen LogP contribution in [0.2, 0.25) is 0 Å². The Morgan fingerprint density at radius 3 is 3.25 bits per heavy atom. The minimum Gasteiger partial charge on any atom is -0.489 e. The molecule has 0 saturated heterocycles. The predicted molar refractivity (Wildman–Crippen MR) is 48.3 cm³/mol. The summed E-state index contributed by atoms with van der Waals surface area (Å²) in [7, 11) is 0. The van der Waals surface area contributed by atoms with E-state index in [2.05, 4.69) is 17.1 Å². The zero-order valence-electron chi connectivity index (χ0n) is 6.45. The van der Waals surface area contributed by atoms with Gasteiger partial charge in [0.05, 0.1) is 5.69 Å². The molecule has 58 valence electrons. The lowest BCUT2D eigenvalue weighted by atomic mass is 10.2. The van der Waals surface area contributed by atoms with Crippen LogP contribution in [-0.2, 0) is 0 Å². The van der Waals surface area contributed by atoms with Crippen LogP contribution in [-0.4, -0.2) is 12.8 Å². The molecular formula is C10H7NO. The molecule has 3 rings (SSSR count). The average Bonchev–Trinajstić information content (AvgIpc) is 2.64. The van der Waals surface area contributed by atoms with Crippen LogP contribution in [0.15, 0.2) is 17.1 Å². The maximum absolute atomic E-state index is 5.39. The van der Waals surface area contributed by atoms with E-state index in [1.54, 1.807) is 0 Å². The molecule has 0 amide bonds. The molecule has 0 saturated carbocycles. The van der Waals surface area contributed by atoms with E-state index in [9.17, 15) is 0 Å². The smallest absolute Gasteiger partial charge is 0.127 e. The van der Waals surface area contributed by atoms with E-state index in [0.29, 0.717) is 6.61 Å². The molecule has 0 N–H and O–H groups in total. The van der Waals surface area contributed by atoms with Gasteiger partial charge in [-0.05, 0) is 24.3 Å². The van der Waals surface area contributed by atoms with Gasteiger partial charge in [-0.15, -0.1) is 0 Å². The highest BCUT2D eigenvalue weighted by molar-refractivity contribution is 5.97. The topological polar surface area (TPSA) is 21.6 Å². The number of benzene rings is 1. The molecular weight excluding hydrogens is 150 g/mol. The summed E-state index contributed by atoms with van der Waals surface area (Å²) < 4.78 is 5.39. The molecule has 1 aromatic carbocycles. The van der Waals surface area contributed by atoms with Crippen LogP contribution in [0.3, 0.4) is 0 Å². The molecule has 2 nitrogen and oxygen atoms in total. The second-order valence-corrected chi connectivity index (χ2v) is 2.91. The highest BCUT2D eigenvalue weighted by Gasteiger charge is 2.06. The van der Waals surface area contributed by atoms with E-state index in [0.717, 1.165) is 16.7 Å². The fourth-order valence-corrected chi connectivity index (χ4v) is 1.55. The molecule has 12 heavy (non-hydrogen) atoms. The van der Waals surface area contributed by atoms with Crippen molar-refractivity contribution in [1.29, 1.82) is 0 Å². The third-order valence-electron chi connectivity index (χ3n) is 2.17. The Morgan fingerprint density at radius 2 is 2.25 bits per heavy atom. The number of ether oxygens (including phenoxy) is 1. The van der Waals surface area contributed by atoms with Crippen LogP contribution in [0.1, 0.15) is 0 Å². The summed E-state index contributed by atoms with van der Waals surface area (Å²) in [4.78, 5) is 4.22. The van der Waals surface area contributed by atoms with Crippen molar-refractivity contribution >= 4 is 24.1 Å². The zero-order valence-corrected chi connectivity index (χ0v) is 6.45. The van der Waals surface area contributed by atoms with Crippen LogP contribution < -0.4 is 15.2 Å². The van der Waals surface area contributed by atoms with E-state index in [4.69, 9.17) is 4.74 Å². The minimum absolute atomic E-state index is 0.696. The normalized spacial score (nSPS) is 16.0. The first-order valence-electron chi connectivity index (χ1n) is 3.95. The Kier molecular flexibility index (Phi) is 0.987. The van der Waals surface area contributed by atoms with Crippen molar-refractivity contribution in [3.05, 3.63) is 22.6 Å². The molecule has 0 aliphatic carbocycles. The van der Waals surface area contributed by atoms with Gasteiger partial charge in [-0.1, -0.05) is 0 Å². The SMILES string of the molecule is C1=Nc2cc3c(cc2=C1)OCC=3. The van der Waals surface area contributed by atoms with Crippen LogP contribution in [0, 0.1) is 0 Å². The highest BCUT2D eigenvalue weighted by Crippen LogP contribution is 2.12. The van der Waals surface area contributed by atoms with Gasteiger partial charge in [0.15, 0.2) is 0 Å². The second-order valence-electron chi connectivity index (χ2n) is 2.91. The lowest BCUT2D eigenvalue weighted by molar-refractivity contribution is 0.385. The van der Waals surface area contributed by atoms with Crippen LogP contribution in [0.5, 0.6) is 5.75 Å². The summed E-state index contributed by atoms with van der Waals surface area (Å²) in [5, 5.41) is 2.32. The molecule has 1 aromatic rings. The molecule has 0 fully saturated rings. The Hall–Kier alpha value is -1.57. The Morgan fingerprint density at radius 1 is 1.25 bits per heavy atom. The highest BCUT2D eigenvalue weighted by atomic mass is 16.5. The lowest BCUT2D eigenvalue weighted by Crippen LogP contribution is -2.06. The summed E-state index contributed by atoms with van der Waals surface area (Å²) >= 11 is 0. The van der Waals surface area contributed by atoms with Crippen molar-refractivity contribution in [2.24, 2.45) is 4.99 Å². The molecule has 2 heteroatoms. The van der Waals surface area contributed by atoms with Crippen molar-refractivity contribution < 1.29 is 4.74 Å². The Labute approximate surface area is 69.5 Å². The molecule has 0 atom stereocenters. The van der Waals surface area contributed by atoms with Gasteiger partial charge in [-0.25, -0.2) is 0 Å². The van der Waals surface area contributed by atoms with Crippen molar-refractivity contribution in [2.75, 3.05) is 6.61 Å². The third kappa shape index (κ3) is 0.666. The third-order valence-corrected chi connectivity index (χ3v) is 2.17. The maximum Gasteiger partial charge on any atom is 0.127 e. The van der Waals surface area contributed by atoms with Crippen molar-refractivity contribution in [3.63, 3.8) is 0 Å². The summed E-state index contributed by atoms with van der Waals surface area (Å²) in [5.74, 6) is 0.982. The quantitative estimate of drug-likeness (QED) is 0.532. The summed E-state index contributed by atoms with van der Waals surface area (Å²) in [6, 6.07) is 4.11. The van der Waals surface area contributed by atoms with Crippen LogP contribution in [0.4, 0.5) is 5.69 Å². The number of nitrogens with zero attached hydrogens (tertiary/aromatic N) is 1. The number of aliphatic imine (C=N–C) groups is 1. The zero-order chi connectivity index (χ0) is 7.97. The van der Waals surface area contributed by atoms with Crippen LogP contribution >= 0.6 is 0 Å². The molecule has 0 aromatic heterocycles. The molecule has 2 heterocycles. The average molecular weight is 157 g/mol. The van der Waals surface area contributed by atoms with Gasteiger partial charge < -0.3 is 4.74 Å². The lowest BCUT2D eigenvalue weighted by Gasteiger charge is -1.96. The minimum atomic E-state index is 0.696. The van der Waals surface area contributed by atoms with Crippen molar-refractivity contribution in [1.82, 2.24) is 0 Å². The molecule has 2 aliphatic rings. The fourth-order valence-electron chi connectivity index (χ4n) is 1.55. The first-order chi connectivity index (χ1) is 5.93. The molecule has 0 spiro atoms. The van der Waals surface area contributed by atoms with E-state index < -0.39 is 0 Å². The molecule has 2 aliphatic heterocycles. The number of fused-ring (bicyclic) bond motifs is 2. The first kappa shape index (κ1) is 6.00. The summed E-state index contributed by atoms with van der Waals surface area (Å²) in [5.41, 5.74) is 1.05. The van der Waals surface area contributed by atoms with Gasteiger partial charge in [0, 0.05) is 16.7 Å². The predicted octanol–water partition coefficient (Wildman–Crippen LogP) is 0.356. The molecule has 0 radical (unpaired) electrons. The summed E-state index contributed by atoms with van der Waals surface area (Å²) in [6.45, 7) is 0.696. The number of hydrogen-bond acceptors (Lipinski definition) is 2. The van der Waals surface area contributed by atoms with Gasteiger partial charge in [-0.3, -0.25) is 4.99 Å². The molecule has 0 unspecified atom stereocenters. The van der Waals surface area contributed by atoms with Crippen LogP contribution in [0.25, 0.3) is 12.2 Å². The first-order valence-corrected chi connectivity index (χ1v) is 3.95. The van der Waals surface area contributed by atoms with Gasteiger partial charge in [0.2, 0.25) is 0 Å². The van der Waals surface area contributed by atoms with Gasteiger partial charge in [0.25, 0.3) is 0 Å². The van der Waals surface area contributed by atoms with E-state index in [1.165, 1.54) is 5.22 Å². The largest absolute Gasteiger partial charge is 0.489 e. The number of hydrogen-bond donors (Lipinski definition) is 0. The van der Waals surface area contributed by atoms with Gasteiger partial charge in [0.1, 0.15) is 12.4 Å². The fraction of sp³-hybridized carbons (Fsp3) is 0.100. The molecule has 0 bridgehead atoms. The van der Waals surface area contributed by atoms with E-state index in [1.807, 2.05) is 18.4 Å². The van der Waals surface area contributed by atoms with Crippen molar-refractivity contribution in [3.8, 4) is 5.75 Å². The van der Waals surface area contributed by atoms with Crippen molar-refractivity contribution in [2.45, 2.75) is 0 Å². The summed E-state index contributed by atoms with van der Waals surface area (Å²) in [6.07, 6.45) is 5.89. The Bertz CT molecular complexity index is 485. The standard InChI is InChI=1S/C10H7NO/c1-3-11-9-5-8-2-4-12-10(8)6-7(1)9/h1-3,5-6H,4H2. The van der Waals surface area contributed by atoms with Gasteiger partial charge in [-0.2, -0.15) is 0 Å². The Balaban J connectivity index is 2.45.